The van der Waals surface area contributed by atoms with Crippen LogP contribution in [0.15, 0.2) is 48.3 Å². The number of rotatable bonds is 2. The van der Waals surface area contributed by atoms with E-state index in [0.717, 1.165) is 0 Å². The van der Waals surface area contributed by atoms with Crippen molar-refractivity contribution in [2.24, 2.45) is 0 Å². The van der Waals surface area contributed by atoms with Crippen molar-refractivity contribution in [1.82, 2.24) is 0 Å². The molecule has 3 nitrogen and oxygen atoms in total. The Labute approximate surface area is 107 Å². The Balaban J connectivity index is 2.66. The van der Waals surface area contributed by atoms with Crippen LogP contribution < -0.4 is 0 Å². The van der Waals surface area contributed by atoms with Gasteiger partial charge in [0, 0.05) is 11.1 Å². The van der Waals surface area contributed by atoms with Gasteiger partial charge in [0.25, 0.3) is 0 Å². The fourth-order valence-corrected chi connectivity index (χ4v) is 2.18. The molecule has 0 spiro atoms. The fourth-order valence-electron chi connectivity index (χ4n) is 1.76. The largest absolute Gasteiger partial charge is 0.504 e. The average molecular weight is 293 g/mol. The van der Waals surface area contributed by atoms with Crippen LogP contribution in [0.2, 0.25) is 0 Å². The second kappa shape index (κ2) is 4.30. The number of ketones is 2. The highest BCUT2D eigenvalue weighted by Gasteiger charge is 2.34. The van der Waals surface area contributed by atoms with Gasteiger partial charge in [-0.2, -0.15) is 0 Å². The van der Waals surface area contributed by atoms with E-state index in [0.29, 0.717) is 5.56 Å². The van der Waals surface area contributed by atoms with Crippen LogP contribution in [0.4, 0.5) is 0 Å². The summed E-state index contributed by atoms with van der Waals surface area (Å²) in [5, 5.41) is 9.79. The number of hydrogen-bond acceptors (Lipinski definition) is 3. The molecule has 86 valence electrons. The Kier molecular flexibility index (Phi) is 2.98. The summed E-state index contributed by atoms with van der Waals surface area (Å²) in [6, 6.07) is 6.44. The number of aliphatic hydroxyl groups is 1. The van der Waals surface area contributed by atoms with Gasteiger partial charge in [-0.05, 0) is 0 Å². The van der Waals surface area contributed by atoms with E-state index in [4.69, 9.17) is 0 Å². The molecule has 0 fully saturated rings. The standard InChI is InChI=1S/C13H9BrO3/c1-2-9(14)10-11(15)7-5-3-4-6-8(7)12(16)13(10)17/h2-6,9,17H,1H2. The number of alkyl halides is 1. The summed E-state index contributed by atoms with van der Waals surface area (Å²) in [5.41, 5.74) is 0.600. The van der Waals surface area contributed by atoms with Gasteiger partial charge >= 0.3 is 0 Å². The third-order valence-electron chi connectivity index (χ3n) is 2.61. The summed E-state index contributed by atoms with van der Waals surface area (Å²) < 4.78 is 0. The summed E-state index contributed by atoms with van der Waals surface area (Å²) >= 11 is 3.19. The van der Waals surface area contributed by atoms with Crippen LogP contribution in [0.1, 0.15) is 20.7 Å². The molecule has 2 rings (SSSR count). The van der Waals surface area contributed by atoms with Gasteiger partial charge in [0.15, 0.2) is 11.5 Å². The van der Waals surface area contributed by atoms with Crippen molar-refractivity contribution in [3.05, 3.63) is 59.4 Å². The van der Waals surface area contributed by atoms with Crippen LogP contribution in [0.25, 0.3) is 0 Å². The number of carbonyl (C=O) groups is 2. The molecular weight excluding hydrogens is 284 g/mol. The van der Waals surface area contributed by atoms with Gasteiger partial charge in [0.2, 0.25) is 5.78 Å². The second-order valence-electron chi connectivity index (χ2n) is 3.60. The Hall–Kier alpha value is -1.68. The van der Waals surface area contributed by atoms with E-state index in [1.165, 1.54) is 12.1 Å². The number of fused-ring (bicyclic) bond motifs is 1. The summed E-state index contributed by atoms with van der Waals surface area (Å²) in [5.74, 6) is -1.38. The lowest BCUT2D eigenvalue weighted by atomic mass is 9.87. The molecule has 1 aromatic carbocycles. The van der Waals surface area contributed by atoms with Gasteiger partial charge < -0.3 is 5.11 Å². The third-order valence-corrected chi connectivity index (χ3v) is 3.45. The number of benzene rings is 1. The van der Waals surface area contributed by atoms with Gasteiger partial charge in [-0.25, -0.2) is 0 Å². The molecule has 0 saturated carbocycles. The molecule has 1 atom stereocenters. The predicted octanol–water partition coefficient (Wildman–Crippen LogP) is 2.83. The maximum absolute atomic E-state index is 12.1. The highest BCUT2D eigenvalue weighted by atomic mass is 79.9. The number of allylic oxidation sites excluding steroid dienone is 3. The minimum absolute atomic E-state index is 0.0451. The average Bonchev–Trinajstić information content (AvgIpc) is 2.36. The number of carbonyl (C=O) groups excluding carboxylic acids is 2. The monoisotopic (exact) mass is 292 g/mol. The van der Waals surface area contributed by atoms with Crippen LogP contribution in [0, 0.1) is 0 Å². The predicted molar refractivity (Wildman–Crippen MR) is 67.7 cm³/mol. The minimum atomic E-state index is -0.535. The minimum Gasteiger partial charge on any atom is -0.504 e. The van der Waals surface area contributed by atoms with Gasteiger partial charge in [-0.15, -0.1) is 6.58 Å². The Morgan fingerprint density at radius 1 is 1.18 bits per heavy atom. The van der Waals surface area contributed by atoms with Crippen molar-refractivity contribution in [2.45, 2.75) is 4.83 Å². The molecule has 1 aromatic rings. The number of hydrogen-bond donors (Lipinski definition) is 1. The first-order valence-electron chi connectivity index (χ1n) is 4.96. The van der Waals surface area contributed by atoms with Crippen LogP contribution in [-0.2, 0) is 0 Å². The van der Waals surface area contributed by atoms with E-state index in [9.17, 15) is 14.7 Å². The maximum Gasteiger partial charge on any atom is 0.228 e. The smallest absolute Gasteiger partial charge is 0.228 e. The fraction of sp³-hybridized carbons (Fsp3) is 0.0769. The number of Topliss-reactive ketones (excluding diaryl/α,β-unsaturated/α-hetero) is 2. The topological polar surface area (TPSA) is 54.4 Å². The first kappa shape index (κ1) is 11.8. The second-order valence-corrected chi connectivity index (χ2v) is 4.59. The molecule has 0 bridgehead atoms. The zero-order valence-electron chi connectivity index (χ0n) is 8.81. The molecule has 0 aromatic heterocycles. The number of halogens is 1. The molecule has 1 aliphatic carbocycles. The summed E-state index contributed by atoms with van der Waals surface area (Å²) in [7, 11) is 0. The van der Waals surface area contributed by atoms with E-state index in [-0.39, 0.29) is 16.9 Å². The van der Waals surface area contributed by atoms with Crippen LogP contribution in [-0.4, -0.2) is 21.5 Å². The normalized spacial score (nSPS) is 16.8. The number of aliphatic hydroxyl groups excluding tert-OH is 1. The Bertz CT molecular complexity index is 558. The van der Waals surface area contributed by atoms with Gasteiger partial charge in [-0.3, -0.25) is 9.59 Å². The van der Waals surface area contributed by atoms with Crippen LogP contribution in [0.5, 0.6) is 0 Å². The van der Waals surface area contributed by atoms with Crippen LogP contribution >= 0.6 is 15.9 Å². The quantitative estimate of drug-likeness (QED) is 0.674. The van der Waals surface area contributed by atoms with Crippen molar-refractivity contribution in [1.29, 1.82) is 0 Å². The van der Waals surface area contributed by atoms with E-state index >= 15 is 0 Å². The van der Waals surface area contributed by atoms with E-state index < -0.39 is 16.4 Å². The maximum atomic E-state index is 12.1. The van der Waals surface area contributed by atoms with Crippen molar-refractivity contribution in [3.63, 3.8) is 0 Å². The lowest BCUT2D eigenvalue weighted by Gasteiger charge is -2.19. The molecule has 17 heavy (non-hydrogen) atoms. The highest BCUT2D eigenvalue weighted by molar-refractivity contribution is 9.09. The van der Waals surface area contributed by atoms with E-state index in [1.54, 1.807) is 18.2 Å². The molecule has 0 amide bonds. The molecule has 0 heterocycles. The molecule has 0 radical (unpaired) electrons. The molecule has 4 heteroatoms. The third kappa shape index (κ3) is 1.74. The molecule has 0 saturated heterocycles. The zero-order chi connectivity index (χ0) is 12.6. The van der Waals surface area contributed by atoms with Gasteiger partial charge in [0.1, 0.15) is 0 Å². The van der Waals surface area contributed by atoms with Crippen molar-refractivity contribution < 1.29 is 14.7 Å². The lowest BCUT2D eigenvalue weighted by Crippen LogP contribution is -2.25. The molecule has 0 aliphatic heterocycles. The lowest BCUT2D eigenvalue weighted by molar-refractivity contribution is 0.0928. The van der Waals surface area contributed by atoms with Crippen molar-refractivity contribution >= 4 is 27.5 Å². The van der Waals surface area contributed by atoms with Crippen LogP contribution in [0.3, 0.4) is 0 Å². The van der Waals surface area contributed by atoms with Crippen molar-refractivity contribution in [2.75, 3.05) is 0 Å². The summed E-state index contributed by atoms with van der Waals surface area (Å²) in [6.45, 7) is 3.53. The SMILES string of the molecule is C=CC(Br)C1=C(O)C(=O)c2ccccc2C1=O. The molecule has 1 unspecified atom stereocenters. The molecular formula is C13H9BrO3. The van der Waals surface area contributed by atoms with Gasteiger partial charge in [-0.1, -0.05) is 46.3 Å². The molecule has 1 aliphatic rings. The first-order valence-corrected chi connectivity index (χ1v) is 5.87. The zero-order valence-corrected chi connectivity index (χ0v) is 10.4. The van der Waals surface area contributed by atoms with E-state index in [1.807, 2.05) is 0 Å². The Morgan fingerprint density at radius 2 is 1.71 bits per heavy atom. The first-order chi connectivity index (χ1) is 8.07. The summed E-state index contributed by atoms with van der Waals surface area (Å²) in [6.07, 6.45) is 1.45. The highest BCUT2D eigenvalue weighted by Crippen LogP contribution is 2.29. The molecule has 1 N–H and O–H groups in total. The van der Waals surface area contributed by atoms with E-state index in [2.05, 4.69) is 22.5 Å². The summed E-state index contributed by atoms with van der Waals surface area (Å²) in [4.78, 5) is 23.5. The van der Waals surface area contributed by atoms with Gasteiger partial charge in [0.05, 0.1) is 10.4 Å². The Morgan fingerprint density at radius 3 is 2.24 bits per heavy atom. The van der Waals surface area contributed by atoms with Crippen molar-refractivity contribution in [3.8, 4) is 0 Å².